The summed E-state index contributed by atoms with van der Waals surface area (Å²) in [6, 6.07) is 6.15. The van der Waals surface area contributed by atoms with Crippen LogP contribution in [0.15, 0.2) is 45.8 Å². The predicted octanol–water partition coefficient (Wildman–Crippen LogP) is 0.783. The Morgan fingerprint density at radius 1 is 0.935 bits per heavy atom. The minimum absolute atomic E-state index is 0.0123. The van der Waals surface area contributed by atoms with E-state index in [0.29, 0.717) is 0 Å². The number of hydrogen-bond donors (Lipinski definition) is 6. The molecule has 10 nitrogen and oxygen atoms in total. The molecule has 0 spiro atoms. The molecule has 0 unspecified atom stereocenters. The molecule has 10 heteroatoms. The molecule has 4 rings (SSSR count). The fraction of sp³-hybridized carbons (Fsp3) is 0.286. The summed E-state index contributed by atoms with van der Waals surface area (Å²) >= 11 is 0. The predicted molar refractivity (Wildman–Crippen MR) is 106 cm³/mol. The molecule has 1 aromatic heterocycles. The summed E-state index contributed by atoms with van der Waals surface area (Å²) in [5.74, 6) is -1.22. The lowest BCUT2D eigenvalue weighted by molar-refractivity contribution is -0.268. The first-order valence-corrected chi connectivity index (χ1v) is 9.34. The highest BCUT2D eigenvalue weighted by Crippen LogP contribution is 2.35. The molecule has 0 bridgehead atoms. The highest BCUT2D eigenvalue weighted by molar-refractivity contribution is 5.88. The van der Waals surface area contributed by atoms with Crippen LogP contribution >= 0.6 is 0 Å². The molecule has 3 aromatic rings. The number of aromatic hydroxyl groups is 3. The smallest absolute Gasteiger partial charge is 0.229 e. The van der Waals surface area contributed by atoms with Gasteiger partial charge in [-0.05, 0) is 24.6 Å². The van der Waals surface area contributed by atoms with Gasteiger partial charge in [0, 0.05) is 12.1 Å². The summed E-state index contributed by atoms with van der Waals surface area (Å²) in [6.45, 7) is 1.48. The molecule has 1 aliphatic heterocycles. The third kappa shape index (κ3) is 3.66. The van der Waals surface area contributed by atoms with Gasteiger partial charge in [-0.2, -0.15) is 0 Å². The molecular formula is C21H20O10. The van der Waals surface area contributed by atoms with Gasteiger partial charge in [0.2, 0.25) is 11.7 Å². The second-order valence-electron chi connectivity index (χ2n) is 7.30. The van der Waals surface area contributed by atoms with E-state index in [0.717, 1.165) is 12.3 Å². The number of phenols is 3. The van der Waals surface area contributed by atoms with Crippen molar-refractivity contribution in [1.82, 2.24) is 0 Å². The highest BCUT2D eigenvalue weighted by atomic mass is 16.7. The molecule has 6 N–H and O–H groups in total. The van der Waals surface area contributed by atoms with Gasteiger partial charge < -0.3 is 44.5 Å². The molecular weight excluding hydrogens is 412 g/mol. The Bertz CT molecular complexity index is 1190. The molecule has 0 aliphatic carbocycles. The number of phenolic OH excluding ortho intramolecular Hbond substituents is 3. The van der Waals surface area contributed by atoms with E-state index in [2.05, 4.69) is 0 Å². The maximum absolute atomic E-state index is 12.9. The Balaban J connectivity index is 1.72. The van der Waals surface area contributed by atoms with Gasteiger partial charge in [-0.3, -0.25) is 4.79 Å². The van der Waals surface area contributed by atoms with E-state index in [-0.39, 0.29) is 39.3 Å². The van der Waals surface area contributed by atoms with E-state index in [1.807, 2.05) is 0 Å². The Hall–Kier alpha value is -3.31. The van der Waals surface area contributed by atoms with Crippen molar-refractivity contribution in [3.63, 3.8) is 0 Å². The van der Waals surface area contributed by atoms with E-state index in [1.54, 1.807) is 0 Å². The van der Waals surface area contributed by atoms with Crippen LogP contribution < -0.4 is 10.2 Å². The first-order chi connectivity index (χ1) is 14.7. The normalized spacial score (nSPS) is 26.1. The fourth-order valence-corrected chi connectivity index (χ4v) is 3.43. The van der Waals surface area contributed by atoms with Crippen LogP contribution in [-0.4, -0.2) is 61.3 Å². The molecule has 5 atom stereocenters. The Labute approximate surface area is 174 Å². The van der Waals surface area contributed by atoms with Crippen LogP contribution in [0.5, 0.6) is 23.0 Å². The molecule has 31 heavy (non-hydrogen) atoms. The third-order valence-electron chi connectivity index (χ3n) is 5.16. The standard InChI is InChI=1S/C21H20O10/c1-8-17(25)19(27)20(28)21(30-8)31-14-4-9(2-3-12(14)23)11-7-29-15-6-10(22)5-13(24)16(15)18(11)26/h2-8,17,19-25,27-28H,1H3/t8-,17-,19+,20-,21-/m1/s1. The van der Waals surface area contributed by atoms with Gasteiger partial charge in [-0.1, -0.05) is 6.07 Å². The Kier molecular flexibility index (Phi) is 5.23. The molecule has 1 fully saturated rings. The van der Waals surface area contributed by atoms with Crippen LogP contribution in [-0.2, 0) is 4.74 Å². The van der Waals surface area contributed by atoms with Crippen molar-refractivity contribution in [3.05, 3.63) is 46.8 Å². The van der Waals surface area contributed by atoms with Crippen LogP contribution in [0.2, 0.25) is 0 Å². The molecule has 2 heterocycles. The summed E-state index contributed by atoms with van der Waals surface area (Å²) in [5.41, 5.74) is -0.305. The summed E-state index contributed by atoms with van der Waals surface area (Å²) in [5, 5.41) is 59.5. The minimum atomic E-state index is -1.59. The van der Waals surface area contributed by atoms with Crippen LogP contribution in [0.4, 0.5) is 0 Å². The average molecular weight is 432 g/mol. The number of rotatable bonds is 3. The summed E-state index contributed by atoms with van der Waals surface area (Å²) in [4.78, 5) is 12.9. The number of aliphatic hydroxyl groups excluding tert-OH is 3. The maximum atomic E-state index is 12.9. The summed E-state index contributed by atoms with van der Waals surface area (Å²) < 4.78 is 16.2. The molecule has 164 valence electrons. The zero-order valence-electron chi connectivity index (χ0n) is 16.2. The van der Waals surface area contributed by atoms with Crippen LogP contribution in [0.1, 0.15) is 6.92 Å². The Morgan fingerprint density at radius 2 is 1.68 bits per heavy atom. The van der Waals surface area contributed by atoms with E-state index in [4.69, 9.17) is 13.9 Å². The van der Waals surface area contributed by atoms with E-state index >= 15 is 0 Å². The lowest BCUT2D eigenvalue weighted by Gasteiger charge is -2.38. The van der Waals surface area contributed by atoms with Gasteiger partial charge >= 0.3 is 0 Å². The summed E-state index contributed by atoms with van der Waals surface area (Å²) in [6.07, 6.45) is -5.54. The SMILES string of the molecule is C[C@H]1O[C@H](Oc2cc(-c3coc4cc(O)cc(O)c4c3=O)ccc2O)[C@H](O)[C@@H](O)[C@@H]1O. The number of fused-ring (bicyclic) bond motifs is 1. The van der Waals surface area contributed by atoms with Gasteiger partial charge in [-0.25, -0.2) is 0 Å². The second-order valence-corrected chi connectivity index (χ2v) is 7.30. The minimum Gasteiger partial charge on any atom is -0.508 e. The van der Waals surface area contributed by atoms with E-state index < -0.39 is 41.9 Å². The summed E-state index contributed by atoms with van der Waals surface area (Å²) in [7, 11) is 0. The lowest BCUT2D eigenvalue weighted by atomic mass is 10.00. The number of aliphatic hydroxyl groups is 3. The molecule has 0 radical (unpaired) electrons. The van der Waals surface area contributed by atoms with Gasteiger partial charge in [0.1, 0.15) is 47.0 Å². The van der Waals surface area contributed by atoms with Crippen molar-refractivity contribution in [2.24, 2.45) is 0 Å². The molecule has 0 amide bonds. The van der Waals surface area contributed by atoms with Gasteiger partial charge in [0.05, 0.1) is 11.7 Å². The van der Waals surface area contributed by atoms with Crippen molar-refractivity contribution >= 4 is 11.0 Å². The monoisotopic (exact) mass is 432 g/mol. The number of hydrogen-bond acceptors (Lipinski definition) is 10. The quantitative estimate of drug-likeness (QED) is 0.348. The van der Waals surface area contributed by atoms with Crippen molar-refractivity contribution in [1.29, 1.82) is 0 Å². The average Bonchev–Trinajstić information content (AvgIpc) is 2.72. The molecule has 1 aliphatic rings. The van der Waals surface area contributed by atoms with Crippen LogP contribution in [0.3, 0.4) is 0 Å². The number of benzene rings is 2. The van der Waals surface area contributed by atoms with E-state index in [1.165, 1.54) is 31.2 Å². The molecule has 0 saturated carbocycles. The molecule has 1 saturated heterocycles. The van der Waals surface area contributed by atoms with E-state index in [9.17, 15) is 35.4 Å². The highest BCUT2D eigenvalue weighted by Gasteiger charge is 2.43. The largest absolute Gasteiger partial charge is 0.508 e. The van der Waals surface area contributed by atoms with Crippen molar-refractivity contribution in [2.45, 2.75) is 37.6 Å². The fourth-order valence-electron chi connectivity index (χ4n) is 3.43. The van der Waals surface area contributed by atoms with Crippen molar-refractivity contribution in [2.75, 3.05) is 0 Å². The maximum Gasteiger partial charge on any atom is 0.229 e. The first-order valence-electron chi connectivity index (χ1n) is 9.34. The first kappa shape index (κ1) is 20.9. The van der Waals surface area contributed by atoms with Gasteiger partial charge in [0.25, 0.3) is 0 Å². The lowest BCUT2D eigenvalue weighted by Crippen LogP contribution is -2.58. The third-order valence-corrected chi connectivity index (χ3v) is 5.16. The van der Waals surface area contributed by atoms with Crippen LogP contribution in [0.25, 0.3) is 22.1 Å². The molecule has 2 aromatic carbocycles. The van der Waals surface area contributed by atoms with Crippen molar-refractivity contribution < 1.29 is 44.5 Å². The van der Waals surface area contributed by atoms with Crippen molar-refractivity contribution in [3.8, 4) is 34.1 Å². The topological polar surface area (TPSA) is 170 Å². The van der Waals surface area contributed by atoms with Gasteiger partial charge in [0.15, 0.2) is 11.5 Å². The zero-order valence-corrected chi connectivity index (χ0v) is 16.2. The Morgan fingerprint density at radius 3 is 2.42 bits per heavy atom. The second kappa shape index (κ2) is 7.75. The van der Waals surface area contributed by atoms with Crippen LogP contribution in [0, 0.1) is 0 Å². The number of ether oxygens (including phenoxy) is 2. The zero-order chi connectivity index (χ0) is 22.4. The van der Waals surface area contributed by atoms with Gasteiger partial charge in [-0.15, -0.1) is 0 Å².